The van der Waals surface area contributed by atoms with Crippen molar-refractivity contribution in [3.8, 4) is 0 Å². The zero-order chi connectivity index (χ0) is 14.5. The Labute approximate surface area is 138 Å². The number of carbonyl (C=O) groups is 1. The Balaban J connectivity index is 2.04. The first-order valence-electron chi connectivity index (χ1n) is 5.75. The van der Waals surface area contributed by atoms with Crippen LogP contribution in [-0.4, -0.2) is 12.3 Å². The summed E-state index contributed by atoms with van der Waals surface area (Å²) in [6, 6.07) is 13.0. The number of halogens is 2. The molecule has 3 nitrogen and oxygen atoms in total. The monoisotopic (exact) mass is 414 g/mol. The van der Waals surface area contributed by atoms with Crippen molar-refractivity contribution in [2.75, 3.05) is 16.9 Å². The third-order valence-corrected chi connectivity index (χ3v) is 4.09. The molecule has 0 atom stereocenters. The van der Waals surface area contributed by atoms with Crippen LogP contribution in [0.3, 0.4) is 0 Å². The van der Waals surface area contributed by atoms with Crippen LogP contribution < -0.4 is 10.6 Å². The van der Waals surface area contributed by atoms with Crippen LogP contribution in [-0.2, 0) is 0 Å². The Hall–Kier alpha value is -0.980. The predicted molar refractivity (Wildman–Crippen MR) is 92.7 cm³/mol. The molecular weight excluding hydrogens is 404 g/mol. The van der Waals surface area contributed by atoms with Gasteiger partial charge in [-0.25, -0.2) is 4.79 Å². The predicted octanol–water partition coefficient (Wildman–Crippen LogP) is 5.58. The van der Waals surface area contributed by atoms with Gasteiger partial charge in [0.25, 0.3) is 0 Å². The number of urea groups is 1. The number of hydrogen-bond acceptors (Lipinski definition) is 2. The Kier molecular flexibility index (Phi) is 5.51. The molecule has 0 heterocycles. The van der Waals surface area contributed by atoms with Crippen molar-refractivity contribution in [2.45, 2.75) is 4.90 Å². The van der Waals surface area contributed by atoms with E-state index in [9.17, 15) is 4.79 Å². The number of hydrogen-bond donors (Lipinski definition) is 2. The lowest BCUT2D eigenvalue weighted by atomic mass is 10.3. The van der Waals surface area contributed by atoms with Crippen molar-refractivity contribution >= 4 is 61.0 Å². The standard InChI is InChI=1S/C14H12Br2N2OS/c1-20-13-4-2-3-11(8-13)17-14(19)18-12-6-9(15)5-10(16)7-12/h2-8H,1H3,(H2,17,18,19). The van der Waals surface area contributed by atoms with E-state index in [2.05, 4.69) is 42.5 Å². The molecule has 0 aliphatic rings. The smallest absolute Gasteiger partial charge is 0.308 e. The molecule has 0 aliphatic carbocycles. The SMILES string of the molecule is CSc1cccc(NC(=O)Nc2cc(Br)cc(Br)c2)c1. The maximum absolute atomic E-state index is 11.9. The molecule has 0 aromatic heterocycles. The topological polar surface area (TPSA) is 41.1 Å². The third kappa shape index (κ3) is 4.54. The van der Waals surface area contributed by atoms with Gasteiger partial charge in [0.1, 0.15) is 0 Å². The third-order valence-electron chi connectivity index (χ3n) is 2.45. The highest BCUT2D eigenvalue weighted by Gasteiger charge is 2.04. The molecule has 2 aromatic carbocycles. The summed E-state index contributed by atoms with van der Waals surface area (Å²) in [6.45, 7) is 0. The number of anilines is 2. The molecule has 2 amide bonds. The van der Waals surface area contributed by atoms with E-state index in [1.807, 2.05) is 48.7 Å². The van der Waals surface area contributed by atoms with Crippen LogP contribution in [0.5, 0.6) is 0 Å². The van der Waals surface area contributed by atoms with E-state index in [1.54, 1.807) is 11.8 Å². The fraction of sp³-hybridized carbons (Fsp3) is 0.0714. The van der Waals surface area contributed by atoms with Crippen LogP contribution >= 0.6 is 43.6 Å². The van der Waals surface area contributed by atoms with Crippen LogP contribution in [0.1, 0.15) is 0 Å². The lowest BCUT2D eigenvalue weighted by Crippen LogP contribution is -2.19. The average molecular weight is 416 g/mol. The van der Waals surface area contributed by atoms with Gasteiger partial charge in [0, 0.05) is 25.2 Å². The van der Waals surface area contributed by atoms with Gasteiger partial charge in [0.2, 0.25) is 0 Å². The van der Waals surface area contributed by atoms with E-state index < -0.39 is 0 Å². The van der Waals surface area contributed by atoms with Gasteiger partial charge in [-0.2, -0.15) is 0 Å². The lowest BCUT2D eigenvalue weighted by molar-refractivity contribution is 0.262. The summed E-state index contributed by atoms with van der Waals surface area (Å²) in [7, 11) is 0. The molecule has 0 radical (unpaired) electrons. The molecule has 0 fully saturated rings. The maximum atomic E-state index is 11.9. The van der Waals surface area contributed by atoms with Gasteiger partial charge in [-0.3, -0.25) is 0 Å². The lowest BCUT2D eigenvalue weighted by Gasteiger charge is -2.09. The number of carbonyl (C=O) groups excluding carboxylic acids is 1. The minimum Gasteiger partial charge on any atom is -0.308 e. The molecular formula is C14H12Br2N2OS. The molecule has 20 heavy (non-hydrogen) atoms. The van der Waals surface area contributed by atoms with Crippen LogP contribution in [0.25, 0.3) is 0 Å². The molecule has 2 rings (SSSR count). The van der Waals surface area contributed by atoms with Gasteiger partial charge < -0.3 is 10.6 Å². The van der Waals surface area contributed by atoms with Crippen LogP contribution in [0, 0.1) is 0 Å². The summed E-state index contributed by atoms with van der Waals surface area (Å²) in [5, 5.41) is 5.60. The van der Waals surface area contributed by atoms with E-state index in [0.29, 0.717) is 5.69 Å². The molecule has 104 valence electrons. The van der Waals surface area contributed by atoms with Gasteiger partial charge >= 0.3 is 6.03 Å². The number of amides is 2. The summed E-state index contributed by atoms with van der Waals surface area (Å²) >= 11 is 8.40. The van der Waals surface area contributed by atoms with E-state index in [-0.39, 0.29) is 6.03 Å². The van der Waals surface area contributed by atoms with Gasteiger partial charge in [-0.15, -0.1) is 11.8 Å². The Morgan fingerprint density at radius 2 is 1.65 bits per heavy atom. The summed E-state index contributed by atoms with van der Waals surface area (Å²) in [6.07, 6.45) is 2.00. The number of nitrogens with one attached hydrogen (secondary N) is 2. The van der Waals surface area contributed by atoms with Crippen molar-refractivity contribution in [3.05, 3.63) is 51.4 Å². The Bertz CT molecular complexity index is 614. The highest BCUT2D eigenvalue weighted by molar-refractivity contribution is 9.11. The summed E-state index contributed by atoms with van der Waals surface area (Å²) in [5.41, 5.74) is 1.48. The van der Waals surface area contributed by atoms with Crippen molar-refractivity contribution in [2.24, 2.45) is 0 Å². The van der Waals surface area contributed by atoms with Crippen molar-refractivity contribution < 1.29 is 4.79 Å². The highest BCUT2D eigenvalue weighted by Crippen LogP contribution is 2.24. The quantitative estimate of drug-likeness (QED) is 0.642. The fourth-order valence-electron chi connectivity index (χ4n) is 1.62. The summed E-state index contributed by atoms with van der Waals surface area (Å²) in [5.74, 6) is 0. The molecule has 0 saturated carbocycles. The zero-order valence-electron chi connectivity index (χ0n) is 10.6. The second-order valence-electron chi connectivity index (χ2n) is 3.97. The summed E-state index contributed by atoms with van der Waals surface area (Å²) < 4.78 is 1.79. The van der Waals surface area contributed by atoms with E-state index >= 15 is 0 Å². The van der Waals surface area contributed by atoms with Crippen LogP contribution in [0.2, 0.25) is 0 Å². The second kappa shape index (κ2) is 7.15. The van der Waals surface area contributed by atoms with Crippen LogP contribution in [0.4, 0.5) is 16.2 Å². The number of rotatable bonds is 3. The van der Waals surface area contributed by atoms with Crippen molar-refractivity contribution in [1.29, 1.82) is 0 Å². The first kappa shape index (κ1) is 15.4. The molecule has 0 aliphatic heterocycles. The first-order valence-corrected chi connectivity index (χ1v) is 8.56. The fourth-order valence-corrected chi connectivity index (χ4v) is 3.37. The minimum atomic E-state index is -0.270. The molecule has 2 aromatic rings. The average Bonchev–Trinajstić information content (AvgIpc) is 2.37. The molecule has 6 heteroatoms. The summed E-state index contributed by atoms with van der Waals surface area (Å²) in [4.78, 5) is 13.0. The first-order chi connectivity index (χ1) is 9.56. The Morgan fingerprint density at radius 3 is 2.30 bits per heavy atom. The van der Waals surface area contributed by atoms with Gasteiger partial charge in [-0.05, 0) is 42.7 Å². The van der Waals surface area contributed by atoms with E-state index in [0.717, 1.165) is 19.5 Å². The molecule has 2 N–H and O–H groups in total. The Morgan fingerprint density at radius 1 is 1.00 bits per heavy atom. The number of thioether (sulfide) groups is 1. The number of benzene rings is 2. The second-order valence-corrected chi connectivity index (χ2v) is 6.68. The van der Waals surface area contributed by atoms with Gasteiger partial charge in [-0.1, -0.05) is 37.9 Å². The van der Waals surface area contributed by atoms with Gasteiger partial charge in [0.15, 0.2) is 0 Å². The molecule has 0 unspecified atom stereocenters. The molecule has 0 spiro atoms. The van der Waals surface area contributed by atoms with Crippen molar-refractivity contribution in [1.82, 2.24) is 0 Å². The zero-order valence-corrected chi connectivity index (χ0v) is 14.6. The molecule has 0 bridgehead atoms. The largest absolute Gasteiger partial charge is 0.323 e. The normalized spacial score (nSPS) is 10.2. The minimum absolute atomic E-state index is 0.270. The van der Waals surface area contributed by atoms with Crippen LogP contribution in [0.15, 0.2) is 56.3 Å². The van der Waals surface area contributed by atoms with Gasteiger partial charge in [0.05, 0.1) is 0 Å². The highest BCUT2D eigenvalue weighted by atomic mass is 79.9. The van der Waals surface area contributed by atoms with E-state index in [1.165, 1.54) is 0 Å². The molecule has 0 saturated heterocycles. The van der Waals surface area contributed by atoms with E-state index in [4.69, 9.17) is 0 Å². The maximum Gasteiger partial charge on any atom is 0.323 e. The van der Waals surface area contributed by atoms with Crippen molar-refractivity contribution in [3.63, 3.8) is 0 Å².